The summed E-state index contributed by atoms with van der Waals surface area (Å²) in [5, 5.41) is 11.9. The van der Waals surface area contributed by atoms with E-state index in [1.54, 1.807) is 30.3 Å². The van der Waals surface area contributed by atoms with Gasteiger partial charge in [0, 0.05) is 19.8 Å². The fourth-order valence-electron chi connectivity index (χ4n) is 1.36. The van der Waals surface area contributed by atoms with Crippen LogP contribution in [0.5, 0.6) is 0 Å². The normalized spacial score (nSPS) is 12.6. The van der Waals surface area contributed by atoms with Gasteiger partial charge in [-0.15, -0.1) is 0 Å². The third-order valence-corrected chi connectivity index (χ3v) is 4.23. The van der Waals surface area contributed by atoms with E-state index in [-0.39, 0.29) is 0 Å². The molecule has 0 bridgehead atoms. The van der Waals surface area contributed by atoms with E-state index in [1.165, 1.54) is 0 Å². The number of amides is 1. The largest absolute Gasteiger partial charge is 0.479 e. The minimum absolute atomic E-state index is 0.313. The Morgan fingerprint density at radius 2 is 1.70 bits per heavy atom. The van der Waals surface area contributed by atoms with Crippen LogP contribution in [0.25, 0.3) is 0 Å². The predicted molar refractivity (Wildman–Crippen MR) is 72.2 cm³/mol. The van der Waals surface area contributed by atoms with Crippen LogP contribution >= 0.6 is 7.60 Å². The molecule has 1 aromatic rings. The van der Waals surface area contributed by atoms with E-state index in [0.717, 1.165) is 21.3 Å². The molecule has 20 heavy (non-hydrogen) atoms. The molecule has 0 unspecified atom stereocenters. The summed E-state index contributed by atoms with van der Waals surface area (Å²) in [5.74, 6) is -1.33. The Kier molecular flexibility index (Phi) is 5.76. The molecule has 0 aliphatic rings. The van der Waals surface area contributed by atoms with Crippen molar-refractivity contribution >= 4 is 13.5 Å². The highest BCUT2D eigenvalue weighted by Gasteiger charge is 2.34. The molecule has 0 saturated carbocycles. The summed E-state index contributed by atoms with van der Waals surface area (Å²) in [7, 11) is -0.459. The Morgan fingerprint density at radius 1 is 1.15 bits per heavy atom. The highest BCUT2D eigenvalue weighted by Crippen LogP contribution is 2.54. The molecule has 0 atom stereocenters. The first-order valence-corrected chi connectivity index (χ1v) is 7.08. The summed E-state index contributed by atoms with van der Waals surface area (Å²) in [6, 6.07) is 8.19. The zero-order chi connectivity index (χ0) is 15.2. The number of benzene rings is 1. The predicted octanol–water partition coefficient (Wildman–Crippen LogP) is 2.23. The fraction of sp³-hybridized carbons (Fsp3) is 0.250. The molecule has 0 saturated heterocycles. The second-order valence-corrected chi connectivity index (χ2v) is 5.71. The molecule has 1 aromatic carbocycles. The number of aliphatic hydroxyl groups is 1. The first kappa shape index (κ1) is 16.2. The molecule has 110 valence electrons. The first-order chi connectivity index (χ1) is 9.48. The van der Waals surface area contributed by atoms with E-state index >= 15 is 0 Å². The van der Waals surface area contributed by atoms with Gasteiger partial charge in [-0.25, -0.2) is 0 Å². The van der Waals surface area contributed by atoms with Gasteiger partial charge in [-0.05, 0) is 12.1 Å². The first-order valence-electron chi connectivity index (χ1n) is 5.54. The van der Waals surface area contributed by atoms with Gasteiger partial charge in [0.2, 0.25) is 5.44 Å². The summed E-state index contributed by atoms with van der Waals surface area (Å²) in [6.07, 6.45) is 0. The highest BCUT2D eigenvalue weighted by molar-refractivity contribution is 7.58. The third-order valence-electron chi connectivity index (χ3n) is 2.42. The van der Waals surface area contributed by atoms with E-state index in [2.05, 4.69) is 10.1 Å². The Morgan fingerprint density at radius 3 is 2.15 bits per heavy atom. The molecule has 0 aromatic heterocycles. The van der Waals surface area contributed by atoms with Gasteiger partial charge in [-0.3, -0.25) is 9.36 Å². The molecular formula is C12H16NO6P. The summed E-state index contributed by atoms with van der Waals surface area (Å²) in [5.41, 5.74) is -0.147. The molecule has 0 heterocycles. The maximum absolute atomic E-state index is 12.3. The smallest absolute Gasteiger partial charge is 0.384 e. The second kappa shape index (κ2) is 7.09. The number of carbonyl (C=O) groups is 1. The molecule has 2 N–H and O–H groups in total. The summed E-state index contributed by atoms with van der Waals surface area (Å²) in [6.45, 7) is 0. The maximum Gasteiger partial charge on any atom is 0.384 e. The monoisotopic (exact) mass is 301 g/mol. The van der Waals surface area contributed by atoms with Crippen LogP contribution in [0, 0.1) is 0 Å². The van der Waals surface area contributed by atoms with Crippen molar-refractivity contribution in [2.75, 3.05) is 21.3 Å². The zero-order valence-corrected chi connectivity index (χ0v) is 12.2. The summed E-state index contributed by atoms with van der Waals surface area (Å²) >= 11 is 0. The van der Waals surface area contributed by atoms with Gasteiger partial charge in [0.15, 0.2) is 0 Å². The Balaban J connectivity index is 3.11. The van der Waals surface area contributed by atoms with Gasteiger partial charge in [-0.2, -0.15) is 0 Å². The van der Waals surface area contributed by atoms with Crippen molar-refractivity contribution in [2.45, 2.75) is 0 Å². The van der Waals surface area contributed by atoms with Gasteiger partial charge in [-0.1, -0.05) is 18.2 Å². The van der Waals surface area contributed by atoms with E-state index in [9.17, 15) is 14.5 Å². The Hall–Kier alpha value is -1.82. The van der Waals surface area contributed by atoms with Gasteiger partial charge in [0.1, 0.15) is 0 Å². The maximum atomic E-state index is 12.3. The van der Waals surface area contributed by atoms with Crippen molar-refractivity contribution in [1.82, 2.24) is 5.32 Å². The Bertz CT molecular complexity index is 534. The summed E-state index contributed by atoms with van der Waals surface area (Å²) in [4.78, 5) is 12.0. The molecule has 0 fully saturated rings. The van der Waals surface area contributed by atoms with Crippen molar-refractivity contribution in [3.8, 4) is 0 Å². The quantitative estimate of drug-likeness (QED) is 0.618. The number of aliphatic hydroxyl groups excluding tert-OH is 1. The molecule has 7 nitrogen and oxygen atoms in total. The minimum Gasteiger partial charge on any atom is -0.479 e. The standard InChI is InChI=1S/C12H16NO6P/c1-17-12(15)11(20(16,18-2)19-3)13-10(14)9-7-5-4-6-8-9/h4-8,15H,1-3H3,(H,13,14)/b12-11-. The second-order valence-electron chi connectivity index (χ2n) is 3.54. The van der Waals surface area contributed by atoms with Crippen LogP contribution < -0.4 is 5.32 Å². The average Bonchev–Trinajstić information content (AvgIpc) is 2.51. The van der Waals surface area contributed by atoms with Crippen LogP contribution in [0.2, 0.25) is 0 Å². The van der Waals surface area contributed by atoms with Crippen molar-refractivity contribution in [3.63, 3.8) is 0 Å². The lowest BCUT2D eigenvalue weighted by atomic mass is 10.2. The number of methoxy groups -OCH3 is 1. The molecule has 0 radical (unpaired) electrons. The Labute approximate surface area is 116 Å². The van der Waals surface area contributed by atoms with Crippen LogP contribution in [0.4, 0.5) is 0 Å². The van der Waals surface area contributed by atoms with Crippen LogP contribution in [0.1, 0.15) is 10.4 Å². The van der Waals surface area contributed by atoms with Gasteiger partial charge in [0.05, 0.1) is 7.11 Å². The van der Waals surface area contributed by atoms with E-state index < -0.39 is 24.9 Å². The van der Waals surface area contributed by atoms with Gasteiger partial charge in [0.25, 0.3) is 5.91 Å². The van der Waals surface area contributed by atoms with Crippen LogP contribution in [0.3, 0.4) is 0 Å². The van der Waals surface area contributed by atoms with Crippen molar-refractivity contribution < 1.29 is 28.3 Å². The number of hydrogen-bond donors (Lipinski definition) is 2. The SMILES string of the molecule is CO/C(O)=C(/NC(=O)c1ccccc1)P(=O)(OC)OC. The molecule has 1 amide bonds. The third kappa shape index (κ3) is 3.60. The number of carbonyl (C=O) groups excluding carboxylic acids is 1. The molecule has 1 rings (SSSR count). The van der Waals surface area contributed by atoms with Crippen molar-refractivity contribution in [2.24, 2.45) is 0 Å². The topological polar surface area (TPSA) is 94.1 Å². The van der Waals surface area contributed by atoms with Crippen LogP contribution in [0.15, 0.2) is 41.7 Å². The van der Waals surface area contributed by atoms with Crippen molar-refractivity contribution in [3.05, 3.63) is 47.3 Å². The van der Waals surface area contributed by atoms with Crippen molar-refractivity contribution in [1.29, 1.82) is 0 Å². The lowest BCUT2D eigenvalue weighted by Crippen LogP contribution is -2.25. The molecular weight excluding hydrogens is 285 g/mol. The molecule has 0 spiro atoms. The number of nitrogens with one attached hydrogen (secondary N) is 1. The number of ether oxygens (including phenoxy) is 1. The van der Waals surface area contributed by atoms with Gasteiger partial charge < -0.3 is 24.2 Å². The highest BCUT2D eigenvalue weighted by atomic mass is 31.2. The fourth-order valence-corrected chi connectivity index (χ4v) is 2.44. The number of rotatable bonds is 6. The minimum atomic E-state index is -3.87. The van der Waals surface area contributed by atoms with Crippen LogP contribution in [-0.4, -0.2) is 32.3 Å². The molecule has 0 aliphatic carbocycles. The molecule has 8 heteroatoms. The lowest BCUT2D eigenvalue weighted by Gasteiger charge is -2.18. The lowest BCUT2D eigenvalue weighted by molar-refractivity contribution is 0.0942. The average molecular weight is 301 g/mol. The summed E-state index contributed by atoms with van der Waals surface area (Å²) < 4.78 is 26.3. The zero-order valence-electron chi connectivity index (χ0n) is 11.3. The van der Waals surface area contributed by atoms with Gasteiger partial charge >= 0.3 is 13.5 Å². The van der Waals surface area contributed by atoms with E-state index in [0.29, 0.717) is 5.56 Å². The van der Waals surface area contributed by atoms with E-state index in [1.807, 2.05) is 0 Å². The van der Waals surface area contributed by atoms with Crippen LogP contribution in [-0.2, 0) is 18.3 Å². The number of hydrogen-bond acceptors (Lipinski definition) is 6. The molecule has 0 aliphatic heterocycles. The van der Waals surface area contributed by atoms with E-state index in [4.69, 9.17) is 9.05 Å².